The Kier molecular flexibility index (Phi) is 6.00. The summed E-state index contributed by atoms with van der Waals surface area (Å²) in [6.07, 6.45) is 0. The van der Waals surface area contributed by atoms with Gasteiger partial charge in [-0.1, -0.05) is 38.2 Å². The van der Waals surface area contributed by atoms with Crippen LogP contribution >= 0.6 is 11.3 Å². The smallest absolute Gasteiger partial charge is 0.326 e. The first-order valence-corrected chi connectivity index (χ1v) is 9.09. The number of rotatable bonds is 5. The lowest BCUT2D eigenvalue weighted by Crippen LogP contribution is -2.26. The highest BCUT2D eigenvalue weighted by Crippen LogP contribution is 2.28. The van der Waals surface area contributed by atoms with E-state index in [4.69, 9.17) is 9.47 Å². The third-order valence-electron chi connectivity index (χ3n) is 3.40. The Labute approximate surface area is 151 Å². The van der Waals surface area contributed by atoms with Crippen molar-refractivity contribution in [2.24, 2.45) is 10.4 Å². The molecule has 25 heavy (non-hydrogen) atoms. The van der Waals surface area contributed by atoms with Crippen LogP contribution in [0.1, 0.15) is 34.6 Å². The molecule has 2 aromatic rings. The minimum absolute atomic E-state index is 0.0197. The molecule has 136 valence electrons. The van der Waals surface area contributed by atoms with Gasteiger partial charge in [-0.3, -0.25) is 9.59 Å². The van der Waals surface area contributed by atoms with Crippen LogP contribution in [-0.4, -0.2) is 29.7 Å². The maximum Gasteiger partial charge on any atom is 0.326 e. The normalized spacial score (nSPS) is 12.4. The van der Waals surface area contributed by atoms with Gasteiger partial charge in [-0.05, 0) is 26.0 Å². The van der Waals surface area contributed by atoms with Crippen LogP contribution in [0.5, 0.6) is 5.75 Å². The zero-order chi connectivity index (χ0) is 18.6. The van der Waals surface area contributed by atoms with Gasteiger partial charge in [0.15, 0.2) is 4.80 Å². The average Bonchev–Trinajstić information content (AvgIpc) is 2.85. The maximum absolute atomic E-state index is 12.4. The molecule has 6 nitrogen and oxygen atoms in total. The number of carbonyl (C=O) groups is 2. The van der Waals surface area contributed by atoms with Crippen molar-refractivity contribution < 1.29 is 19.1 Å². The third kappa shape index (κ3) is 4.48. The molecule has 0 aliphatic carbocycles. The summed E-state index contributed by atoms with van der Waals surface area (Å²) < 4.78 is 13.4. The molecule has 0 unspecified atom stereocenters. The predicted octanol–water partition coefficient (Wildman–Crippen LogP) is 3.14. The molecule has 1 aromatic heterocycles. The van der Waals surface area contributed by atoms with E-state index in [0.717, 1.165) is 10.2 Å². The highest BCUT2D eigenvalue weighted by molar-refractivity contribution is 7.16. The largest absolute Gasteiger partial charge is 0.492 e. The van der Waals surface area contributed by atoms with E-state index in [2.05, 4.69) is 4.99 Å². The van der Waals surface area contributed by atoms with Crippen molar-refractivity contribution in [3.63, 3.8) is 0 Å². The Morgan fingerprint density at radius 3 is 2.52 bits per heavy atom. The van der Waals surface area contributed by atoms with Gasteiger partial charge in [0, 0.05) is 5.41 Å². The summed E-state index contributed by atoms with van der Waals surface area (Å²) in [4.78, 5) is 29.1. The molecule has 0 fully saturated rings. The van der Waals surface area contributed by atoms with Gasteiger partial charge in [0.2, 0.25) is 0 Å². The van der Waals surface area contributed by atoms with Crippen molar-refractivity contribution in [2.45, 2.75) is 41.2 Å². The van der Waals surface area contributed by atoms with Crippen LogP contribution in [0.4, 0.5) is 0 Å². The molecular formula is C18H24N2O4S. The number of thiazole rings is 1. The second-order valence-electron chi connectivity index (χ2n) is 6.48. The molecular weight excluding hydrogens is 340 g/mol. The lowest BCUT2D eigenvalue weighted by Gasteiger charge is -2.12. The lowest BCUT2D eigenvalue weighted by atomic mass is 9.96. The second kappa shape index (κ2) is 7.82. The molecule has 0 aliphatic heterocycles. The fourth-order valence-corrected chi connectivity index (χ4v) is 3.24. The van der Waals surface area contributed by atoms with E-state index in [0.29, 0.717) is 23.8 Å². The minimum atomic E-state index is -0.597. The van der Waals surface area contributed by atoms with E-state index in [9.17, 15) is 9.59 Å². The quantitative estimate of drug-likeness (QED) is 0.764. The lowest BCUT2D eigenvalue weighted by molar-refractivity contribution is -0.143. The van der Waals surface area contributed by atoms with Crippen LogP contribution in [0, 0.1) is 5.41 Å². The van der Waals surface area contributed by atoms with Gasteiger partial charge in [0.25, 0.3) is 5.91 Å². The summed E-state index contributed by atoms with van der Waals surface area (Å²) in [5, 5.41) is 0. The minimum Gasteiger partial charge on any atom is -0.492 e. The average molecular weight is 364 g/mol. The van der Waals surface area contributed by atoms with Gasteiger partial charge in [-0.15, -0.1) is 0 Å². The molecule has 7 heteroatoms. The Hall–Kier alpha value is -2.15. The molecule has 0 aliphatic rings. The summed E-state index contributed by atoms with van der Waals surface area (Å²) in [5.74, 6) is 0.0398. The first-order valence-electron chi connectivity index (χ1n) is 8.27. The number of ether oxygens (including phenoxy) is 2. The third-order valence-corrected chi connectivity index (χ3v) is 4.44. The van der Waals surface area contributed by atoms with Gasteiger partial charge >= 0.3 is 5.97 Å². The monoisotopic (exact) mass is 364 g/mol. The van der Waals surface area contributed by atoms with E-state index in [1.807, 2.05) is 45.9 Å². The molecule has 1 aromatic carbocycles. The Morgan fingerprint density at radius 1 is 1.20 bits per heavy atom. The molecule has 0 saturated heterocycles. The number of benzene rings is 1. The van der Waals surface area contributed by atoms with Crippen LogP contribution in [0.3, 0.4) is 0 Å². The number of hydrogen-bond donors (Lipinski definition) is 0. The molecule has 0 N–H and O–H groups in total. The summed E-state index contributed by atoms with van der Waals surface area (Å²) in [6.45, 7) is 9.88. The zero-order valence-corrected chi connectivity index (χ0v) is 16.1. The van der Waals surface area contributed by atoms with Crippen LogP contribution < -0.4 is 9.54 Å². The van der Waals surface area contributed by atoms with E-state index in [1.54, 1.807) is 11.5 Å². The topological polar surface area (TPSA) is 69.9 Å². The van der Waals surface area contributed by atoms with Gasteiger partial charge in [-0.25, -0.2) is 0 Å². The molecule has 0 radical (unpaired) electrons. The maximum atomic E-state index is 12.4. The van der Waals surface area contributed by atoms with Gasteiger partial charge < -0.3 is 14.0 Å². The van der Waals surface area contributed by atoms with Crippen molar-refractivity contribution in [3.8, 4) is 5.75 Å². The standard InChI is InChI=1S/C18H24N2O4S/c1-6-23-12-9-8-10-13-15(12)20(11-14(21)24-7-2)17(25-13)19-16(22)18(3,4)5/h8-10H,6-7,11H2,1-5H3. The van der Waals surface area contributed by atoms with Crippen molar-refractivity contribution in [1.82, 2.24) is 4.57 Å². The second-order valence-corrected chi connectivity index (χ2v) is 7.49. The molecule has 1 amide bonds. The number of aromatic nitrogens is 1. The van der Waals surface area contributed by atoms with E-state index >= 15 is 0 Å². The zero-order valence-electron chi connectivity index (χ0n) is 15.3. The van der Waals surface area contributed by atoms with E-state index in [1.165, 1.54) is 11.3 Å². The summed E-state index contributed by atoms with van der Waals surface area (Å²) in [7, 11) is 0. The van der Waals surface area contributed by atoms with E-state index in [-0.39, 0.29) is 18.4 Å². The number of fused-ring (bicyclic) bond motifs is 1. The summed E-state index contributed by atoms with van der Waals surface area (Å²) in [5.41, 5.74) is 0.156. The molecule has 0 bridgehead atoms. The Bertz CT molecular complexity index is 843. The summed E-state index contributed by atoms with van der Waals surface area (Å²) in [6, 6.07) is 5.65. The van der Waals surface area contributed by atoms with Crippen LogP contribution in [0.15, 0.2) is 23.2 Å². The number of para-hydroxylation sites is 1. The highest BCUT2D eigenvalue weighted by Gasteiger charge is 2.22. The van der Waals surface area contributed by atoms with Crippen molar-refractivity contribution in [2.75, 3.05) is 13.2 Å². The van der Waals surface area contributed by atoms with Crippen molar-refractivity contribution in [1.29, 1.82) is 0 Å². The van der Waals surface area contributed by atoms with Gasteiger partial charge in [-0.2, -0.15) is 4.99 Å². The highest BCUT2D eigenvalue weighted by atomic mass is 32.1. The van der Waals surface area contributed by atoms with E-state index < -0.39 is 5.41 Å². The molecule has 0 spiro atoms. The van der Waals surface area contributed by atoms with Crippen molar-refractivity contribution in [3.05, 3.63) is 23.0 Å². The fourth-order valence-electron chi connectivity index (χ4n) is 2.19. The molecule has 1 heterocycles. The summed E-state index contributed by atoms with van der Waals surface area (Å²) >= 11 is 1.36. The number of esters is 1. The molecule has 0 atom stereocenters. The first-order chi connectivity index (χ1) is 11.8. The van der Waals surface area contributed by atoms with Crippen LogP contribution in [-0.2, 0) is 20.9 Å². The SMILES string of the molecule is CCOC(=O)Cn1c(=NC(=O)C(C)(C)C)sc2cccc(OCC)c21. The first kappa shape index (κ1) is 19.2. The van der Waals surface area contributed by atoms with Gasteiger partial charge in [0.1, 0.15) is 17.8 Å². The van der Waals surface area contributed by atoms with Gasteiger partial charge in [0.05, 0.1) is 17.9 Å². The predicted molar refractivity (Wildman–Crippen MR) is 97.6 cm³/mol. The van der Waals surface area contributed by atoms with Crippen LogP contribution in [0.2, 0.25) is 0 Å². The Morgan fingerprint density at radius 2 is 1.92 bits per heavy atom. The fraction of sp³-hybridized carbons (Fsp3) is 0.500. The Balaban J connectivity index is 2.68. The van der Waals surface area contributed by atoms with Crippen molar-refractivity contribution >= 4 is 33.4 Å². The number of nitrogens with zero attached hydrogens (tertiary/aromatic N) is 2. The molecule has 0 saturated carbocycles. The number of hydrogen-bond acceptors (Lipinski definition) is 5. The number of amides is 1. The van der Waals surface area contributed by atoms with Crippen LogP contribution in [0.25, 0.3) is 10.2 Å². The number of carbonyl (C=O) groups excluding carboxylic acids is 2. The molecule has 2 rings (SSSR count).